The number of hydrogen-bond donors (Lipinski definition) is 2. The number of amides is 1. The maximum atomic E-state index is 10.8. The van der Waals surface area contributed by atoms with Crippen molar-refractivity contribution >= 4 is 12.1 Å². The van der Waals surface area contributed by atoms with Crippen LogP contribution >= 0.6 is 0 Å². The van der Waals surface area contributed by atoms with E-state index in [-0.39, 0.29) is 12.5 Å². The Labute approximate surface area is 89.8 Å². The lowest BCUT2D eigenvalue weighted by molar-refractivity contribution is -0.137. The highest BCUT2D eigenvalue weighted by Gasteiger charge is 1.99. The SMILES string of the molecule is CCOC(=O)NCCCCCCC(=O)O. The van der Waals surface area contributed by atoms with Crippen molar-refractivity contribution in [2.75, 3.05) is 13.2 Å². The van der Waals surface area contributed by atoms with Crippen LogP contribution in [0.15, 0.2) is 0 Å². The molecule has 0 saturated heterocycles. The lowest BCUT2D eigenvalue weighted by atomic mass is 10.1. The first-order chi connectivity index (χ1) is 7.16. The van der Waals surface area contributed by atoms with Gasteiger partial charge in [-0.2, -0.15) is 0 Å². The van der Waals surface area contributed by atoms with Crippen LogP contribution in [0.5, 0.6) is 0 Å². The first-order valence-corrected chi connectivity index (χ1v) is 5.29. The van der Waals surface area contributed by atoms with E-state index in [4.69, 9.17) is 5.11 Å². The molecule has 0 aliphatic carbocycles. The van der Waals surface area contributed by atoms with Gasteiger partial charge in [0, 0.05) is 13.0 Å². The van der Waals surface area contributed by atoms with Gasteiger partial charge in [-0.25, -0.2) is 4.79 Å². The van der Waals surface area contributed by atoms with Crippen molar-refractivity contribution in [2.45, 2.75) is 39.0 Å². The minimum Gasteiger partial charge on any atom is -0.481 e. The van der Waals surface area contributed by atoms with Crippen molar-refractivity contribution in [3.05, 3.63) is 0 Å². The van der Waals surface area contributed by atoms with E-state index in [0.29, 0.717) is 19.6 Å². The highest BCUT2D eigenvalue weighted by Crippen LogP contribution is 2.02. The van der Waals surface area contributed by atoms with Crippen molar-refractivity contribution in [1.82, 2.24) is 5.32 Å². The van der Waals surface area contributed by atoms with Gasteiger partial charge in [0.1, 0.15) is 0 Å². The van der Waals surface area contributed by atoms with E-state index >= 15 is 0 Å². The van der Waals surface area contributed by atoms with Crippen molar-refractivity contribution in [2.24, 2.45) is 0 Å². The van der Waals surface area contributed by atoms with E-state index in [0.717, 1.165) is 19.3 Å². The molecule has 0 aliphatic heterocycles. The van der Waals surface area contributed by atoms with Gasteiger partial charge >= 0.3 is 12.1 Å². The van der Waals surface area contributed by atoms with Gasteiger partial charge in [-0.15, -0.1) is 0 Å². The number of carbonyl (C=O) groups excluding carboxylic acids is 1. The third kappa shape index (κ3) is 10.7. The Hall–Kier alpha value is -1.26. The van der Waals surface area contributed by atoms with E-state index < -0.39 is 5.97 Å². The van der Waals surface area contributed by atoms with Crippen molar-refractivity contribution in [3.63, 3.8) is 0 Å². The first kappa shape index (κ1) is 13.7. The Bertz CT molecular complexity index is 194. The summed E-state index contributed by atoms with van der Waals surface area (Å²) in [4.78, 5) is 21.0. The van der Waals surface area contributed by atoms with E-state index in [1.165, 1.54) is 0 Å². The standard InChI is InChI=1S/C10H19NO4/c1-2-15-10(14)11-8-6-4-3-5-7-9(12)13/h2-8H2,1H3,(H,11,14)(H,12,13). The summed E-state index contributed by atoms with van der Waals surface area (Å²) in [5, 5.41) is 11.0. The number of nitrogens with one attached hydrogen (secondary N) is 1. The molecule has 15 heavy (non-hydrogen) atoms. The third-order valence-electron chi connectivity index (χ3n) is 1.86. The topological polar surface area (TPSA) is 75.6 Å². The molecule has 0 aromatic rings. The molecule has 0 aromatic carbocycles. The summed E-state index contributed by atoms with van der Waals surface area (Å²) in [5.41, 5.74) is 0. The molecule has 0 aromatic heterocycles. The summed E-state index contributed by atoms with van der Waals surface area (Å²) in [7, 11) is 0. The third-order valence-corrected chi connectivity index (χ3v) is 1.86. The largest absolute Gasteiger partial charge is 0.481 e. The summed E-state index contributed by atoms with van der Waals surface area (Å²) in [6.07, 6.45) is 3.22. The molecule has 0 fully saturated rings. The zero-order chi connectivity index (χ0) is 11.5. The van der Waals surface area contributed by atoms with E-state index in [1.54, 1.807) is 6.92 Å². The van der Waals surface area contributed by atoms with E-state index in [9.17, 15) is 9.59 Å². The van der Waals surface area contributed by atoms with Gasteiger partial charge < -0.3 is 15.2 Å². The summed E-state index contributed by atoms with van der Waals surface area (Å²) in [6.45, 7) is 2.72. The Morgan fingerprint density at radius 3 is 2.47 bits per heavy atom. The van der Waals surface area contributed by atoms with E-state index in [1.807, 2.05) is 0 Å². The summed E-state index contributed by atoms with van der Waals surface area (Å²) in [5.74, 6) is -0.750. The Kier molecular flexibility index (Phi) is 8.52. The van der Waals surface area contributed by atoms with Gasteiger partial charge in [0.25, 0.3) is 0 Å². The fourth-order valence-electron chi connectivity index (χ4n) is 1.13. The van der Waals surface area contributed by atoms with Crippen LogP contribution in [0, 0.1) is 0 Å². The summed E-state index contributed by atoms with van der Waals surface area (Å²) in [6, 6.07) is 0. The number of hydrogen-bond acceptors (Lipinski definition) is 3. The molecule has 0 radical (unpaired) electrons. The molecular formula is C10H19NO4. The molecule has 5 nitrogen and oxygen atoms in total. The minimum atomic E-state index is -0.750. The monoisotopic (exact) mass is 217 g/mol. The average molecular weight is 217 g/mol. The number of carboxylic acids is 1. The lowest BCUT2D eigenvalue weighted by Gasteiger charge is -2.04. The zero-order valence-corrected chi connectivity index (χ0v) is 9.12. The number of carboxylic acid groups (broad SMARTS) is 1. The second kappa shape index (κ2) is 9.30. The molecule has 1 amide bonds. The molecule has 88 valence electrons. The van der Waals surface area contributed by atoms with Gasteiger partial charge in [-0.1, -0.05) is 12.8 Å². The molecule has 0 atom stereocenters. The number of rotatable bonds is 8. The van der Waals surface area contributed by atoms with Crippen molar-refractivity contribution in [3.8, 4) is 0 Å². The number of ether oxygens (including phenoxy) is 1. The zero-order valence-electron chi connectivity index (χ0n) is 9.12. The fraction of sp³-hybridized carbons (Fsp3) is 0.800. The van der Waals surface area contributed by atoms with Crippen LogP contribution in [0.1, 0.15) is 39.0 Å². The Balaban J connectivity index is 3.11. The van der Waals surface area contributed by atoms with Gasteiger partial charge in [-0.05, 0) is 19.8 Å². The number of carbonyl (C=O) groups is 2. The van der Waals surface area contributed by atoms with Gasteiger partial charge in [0.15, 0.2) is 0 Å². The predicted molar refractivity (Wildman–Crippen MR) is 55.7 cm³/mol. The van der Waals surface area contributed by atoms with Crippen LogP contribution in [0.4, 0.5) is 4.79 Å². The smallest absolute Gasteiger partial charge is 0.407 e. The van der Waals surface area contributed by atoms with Crippen LogP contribution in [0.3, 0.4) is 0 Å². The highest BCUT2D eigenvalue weighted by atomic mass is 16.5. The average Bonchev–Trinajstić information content (AvgIpc) is 2.16. The Morgan fingerprint density at radius 2 is 1.87 bits per heavy atom. The number of alkyl carbamates (subject to hydrolysis) is 1. The predicted octanol–water partition coefficient (Wildman–Crippen LogP) is 1.77. The van der Waals surface area contributed by atoms with E-state index in [2.05, 4.69) is 10.1 Å². The van der Waals surface area contributed by atoms with Crippen molar-refractivity contribution in [1.29, 1.82) is 0 Å². The second-order valence-corrected chi connectivity index (χ2v) is 3.21. The molecular weight excluding hydrogens is 198 g/mol. The van der Waals surface area contributed by atoms with Gasteiger partial charge in [0.05, 0.1) is 6.61 Å². The highest BCUT2D eigenvalue weighted by molar-refractivity contribution is 5.67. The molecule has 0 saturated carbocycles. The lowest BCUT2D eigenvalue weighted by Crippen LogP contribution is -2.25. The molecule has 0 spiro atoms. The summed E-state index contributed by atoms with van der Waals surface area (Å²) < 4.78 is 4.67. The molecule has 0 unspecified atom stereocenters. The van der Waals surface area contributed by atoms with Gasteiger partial charge in [-0.3, -0.25) is 4.79 Å². The maximum Gasteiger partial charge on any atom is 0.407 e. The van der Waals surface area contributed by atoms with Crippen molar-refractivity contribution < 1.29 is 19.4 Å². The van der Waals surface area contributed by atoms with Crippen LogP contribution in [-0.4, -0.2) is 30.3 Å². The molecule has 0 bridgehead atoms. The maximum absolute atomic E-state index is 10.8. The molecule has 0 heterocycles. The minimum absolute atomic E-state index is 0.227. The molecule has 0 aliphatic rings. The molecule has 5 heteroatoms. The summed E-state index contributed by atoms with van der Waals surface area (Å²) >= 11 is 0. The molecule has 0 rings (SSSR count). The molecule has 2 N–H and O–H groups in total. The van der Waals surface area contributed by atoms with Crippen LogP contribution < -0.4 is 5.32 Å². The Morgan fingerprint density at radius 1 is 1.20 bits per heavy atom. The first-order valence-electron chi connectivity index (χ1n) is 5.29. The van der Waals surface area contributed by atoms with Crippen LogP contribution in [-0.2, 0) is 9.53 Å². The normalized spacial score (nSPS) is 9.67. The quantitative estimate of drug-likeness (QED) is 0.607. The van der Waals surface area contributed by atoms with Crippen LogP contribution in [0.2, 0.25) is 0 Å². The number of aliphatic carboxylic acids is 1. The van der Waals surface area contributed by atoms with Gasteiger partial charge in [0.2, 0.25) is 0 Å². The van der Waals surface area contributed by atoms with Crippen LogP contribution in [0.25, 0.3) is 0 Å². The number of unbranched alkanes of at least 4 members (excludes halogenated alkanes) is 3. The second-order valence-electron chi connectivity index (χ2n) is 3.21. The fourth-order valence-corrected chi connectivity index (χ4v) is 1.13.